The van der Waals surface area contributed by atoms with Gasteiger partial charge in [-0.3, -0.25) is 9.48 Å². The molecule has 0 N–H and O–H groups in total. The molecule has 0 aliphatic heterocycles. The van der Waals surface area contributed by atoms with E-state index in [4.69, 9.17) is 11.6 Å². The third kappa shape index (κ3) is 3.43. The molecule has 0 aliphatic rings. The van der Waals surface area contributed by atoms with E-state index in [0.29, 0.717) is 23.7 Å². The number of Topliss-reactive ketones (excluding diaryl/α,β-unsaturated/α-hetero) is 1. The Bertz CT molecular complexity index is 449. The second-order valence-corrected chi connectivity index (χ2v) is 4.77. The number of carbonyl (C=O) groups is 1. The first-order valence-electron chi connectivity index (χ1n) is 6.07. The summed E-state index contributed by atoms with van der Waals surface area (Å²) in [6.07, 6.45) is 4.07. The van der Waals surface area contributed by atoms with Crippen molar-refractivity contribution in [2.45, 2.75) is 26.8 Å². The van der Waals surface area contributed by atoms with E-state index in [0.717, 1.165) is 12.1 Å². The molecule has 0 unspecified atom stereocenters. The second-order valence-electron chi connectivity index (χ2n) is 4.36. The first-order chi connectivity index (χ1) is 8.51. The van der Waals surface area contributed by atoms with Gasteiger partial charge in [-0.2, -0.15) is 5.10 Å². The zero-order chi connectivity index (χ0) is 13.7. The summed E-state index contributed by atoms with van der Waals surface area (Å²) in [5.41, 5.74) is 1.26. The summed E-state index contributed by atoms with van der Waals surface area (Å²) in [5, 5.41) is 4.59. The molecule has 0 saturated heterocycles. The van der Waals surface area contributed by atoms with E-state index >= 15 is 0 Å². The van der Waals surface area contributed by atoms with Crippen molar-refractivity contribution in [2.75, 3.05) is 20.6 Å². The van der Waals surface area contributed by atoms with Gasteiger partial charge in [0.25, 0.3) is 0 Å². The van der Waals surface area contributed by atoms with Crippen molar-refractivity contribution in [1.82, 2.24) is 14.7 Å². The Labute approximate surface area is 113 Å². The molecule has 0 bridgehead atoms. The minimum absolute atomic E-state index is 0.0266. The van der Waals surface area contributed by atoms with Crippen LogP contribution in [0.1, 0.15) is 30.8 Å². The maximum absolute atomic E-state index is 12.3. The Morgan fingerprint density at radius 3 is 2.72 bits per heavy atom. The molecule has 1 rings (SSSR count). The highest BCUT2D eigenvalue weighted by Crippen LogP contribution is 2.20. The van der Waals surface area contributed by atoms with Crippen molar-refractivity contribution in [3.63, 3.8) is 0 Å². The summed E-state index contributed by atoms with van der Waals surface area (Å²) in [6, 6.07) is 0. The lowest BCUT2D eigenvalue weighted by Crippen LogP contribution is -2.22. The maximum atomic E-state index is 12.3. The molecule has 1 aromatic heterocycles. The zero-order valence-corrected chi connectivity index (χ0v) is 12.2. The topological polar surface area (TPSA) is 38.1 Å². The molecular weight excluding hydrogens is 250 g/mol. The van der Waals surface area contributed by atoms with Crippen molar-refractivity contribution in [3.8, 4) is 0 Å². The van der Waals surface area contributed by atoms with Gasteiger partial charge in [-0.15, -0.1) is 0 Å². The molecule has 100 valence electrons. The number of ketones is 1. The fourth-order valence-corrected chi connectivity index (χ4v) is 1.93. The minimum atomic E-state index is -0.0266. The van der Waals surface area contributed by atoms with Gasteiger partial charge in [-0.1, -0.05) is 24.6 Å². The van der Waals surface area contributed by atoms with Crippen molar-refractivity contribution in [2.24, 2.45) is 0 Å². The molecule has 5 heteroatoms. The van der Waals surface area contributed by atoms with Crippen LogP contribution in [0.3, 0.4) is 0 Å². The minimum Gasteiger partial charge on any atom is -0.308 e. The zero-order valence-electron chi connectivity index (χ0n) is 11.4. The van der Waals surface area contributed by atoms with E-state index in [1.807, 2.05) is 38.9 Å². The molecule has 0 spiro atoms. The Kier molecular flexibility index (Phi) is 5.56. The predicted molar refractivity (Wildman–Crippen MR) is 74.2 cm³/mol. The summed E-state index contributed by atoms with van der Waals surface area (Å²) < 4.78 is 1.68. The number of carbonyl (C=O) groups excluding carboxylic acids is 1. The van der Waals surface area contributed by atoms with Crippen LogP contribution in [0.15, 0.2) is 17.8 Å². The lowest BCUT2D eigenvalue weighted by Gasteiger charge is -2.12. The monoisotopic (exact) mass is 269 g/mol. The molecule has 1 aromatic rings. The summed E-state index contributed by atoms with van der Waals surface area (Å²) in [4.78, 5) is 14.4. The van der Waals surface area contributed by atoms with Crippen LogP contribution >= 0.6 is 11.6 Å². The van der Waals surface area contributed by atoms with Gasteiger partial charge in [-0.25, -0.2) is 0 Å². The largest absolute Gasteiger partial charge is 0.308 e. The highest BCUT2D eigenvalue weighted by molar-refractivity contribution is 6.34. The SMILES string of the molecule is CC=C(CC)C(=O)c1c(Cl)cnn1CCN(C)C. The number of halogens is 1. The van der Waals surface area contributed by atoms with Crippen LogP contribution in [0, 0.1) is 0 Å². The van der Waals surface area contributed by atoms with Crippen LogP contribution < -0.4 is 0 Å². The predicted octanol–water partition coefficient (Wildman–Crippen LogP) is 2.64. The van der Waals surface area contributed by atoms with Gasteiger partial charge < -0.3 is 4.90 Å². The van der Waals surface area contributed by atoms with Crippen LogP contribution in [0.5, 0.6) is 0 Å². The van der Waals surface area contributed by atoms with Crippen molar-refractivity contribution in [1.29, 1.82) is 0 Å². The normalized spacial score (nSPS) is 12.2. The van der Waals surface area contributed by atoms with Gasteiger partial charge in [0.05, 0.1) is 17.8 Å². The summed E-state index contributed by atoms with van der Waals surface area (Å²) in [5.74, 6) is -0.0266. The molecular formula is C13H20ClN3O. The first kappa shape index (κ1) is 14.9. The van der Waals surface area contributed by atoms with Gasteiger partial charge >= 0.3 is 0 Å². The fraction of sp³-hybridized carbons (Fsp3) is 0.538. The Morgan fingerprint density at radius 1 is 1.56 bits per heavy atom. The number of allylic oxidation sites excluding steroid dienone is 2. The number of likely N-dealkylation sites (N-methyl/N-ethyl adjacent to an activating group) is 1. The summed E-state index contributed by atoms with van der Waals surface area (Å²) in [7, 11) is 3.96. The Balaban J connectivity index is 3.00. The lowest BCUT2D eigenvalue weighted by atomic mass is 10.1. The van der Waals surface area contributed by atoms with Gasteiger partial charge in [0.15, 0.2) is 0 Å². The van der Waals surface area contributed by atoms with Gasteiger partial charge in [-0.05, 0) is 33.0 Å². The van der Waals surface area contributed by atoms with Crippen LogP contribution in [-0.4, -0.2) is 41.1 Å². The molecule has 0 atom stereocenters. The average Bonchev–Trinajstić information content (AvgIpc) is 2.69. The quantitative estimate of drug-likeness (QED) is 0.589. The highest BCUT2D eigenvalue weighted by Gasteiger charge is 2.19. The van der Waals surface area contributed by atoms with Gasteiger partial charge in [0.1, 0.15) is 5.69 Å². The number of hydrogen-bond donors (Lipinski definition) is 0. The van der Waals surface area contributed by atoms with Crippen molar-refractivity contribution in [3.05, 3.63) is 28.6 Å². The van der Waals surface area contributed by atoms with Gasteiger partial charge in [0.2, 0.25) is 5.78 Å². The maximum Gasteiger partial charge on any atom is 0.208 e. The van der Waals surface area contributed by atoms with E-state index < -0.39 is 0 Å². The van der Waals surface area contributed by atoms with E-state index in [-0.39, 0.29) is 5.78 Å². The van der Waals surface area contributed by atoms with E-state index in [1.165, 1.54) is 6.20 Å². The smallest absolute Gasteiger partial charge is 0.208 e. The second kappa shape index (κ2) is 6.71. The standard InChI is InChI=1S/C13H20ClN3O/c1-5-10(6-2)13(18)12-11(14)9-15-17(12)8-7-16(3)4/h5,9H,6-8H2,1-4H3. The number of rotatable bonds is 6. The van der Waals surface area contributed by atoms with Gasteiger partial charge in [0, 0.05) is 6.54 Å². The number of nitrogens with zero attached hydrogens (tertiary/aromatic N) is 3. The van der Waals surface area contributed by atoms with E-state index in [9.17, 15) is 4.79 Å². The molecule has 1 heterocycles. The summed E-state index contributed by atoms with van der Waals surface area (Å²) in [6.45, 7) is 5.30. The average molecular weight is 270 g/mol. The number of aromatic nitrogens is 2. The molecule has 0 aromatic carbocycles. The molecule has 0 fully saturated rings. The molecule has 18 heavy (non-hydrogen) atoms. The van der Waals surface area contributed by atoms with Crippen LogP contribution in [0.4, 0.5) is 0 Å². The van der Waals surface area contributed by atoms with E-state index in [2.05, 4.69) is 5.10 Å². The molecule has 0 saturated carbocycles. The Morgan fingerprint density at radius 2 is 2.22 bits per heavy atom. The van der Waals surface area contributed by atoms with Crippen molar-refractivity contribution < 1.29 is 4.79 Å². The highest BCUT2D eigenvalue weighted by atomic mass is 35.5. The van der Waals surface area contributed by atoms with Crippen LogP contribution in [-0.2, 0) is 6.54 Å². The summed E-state index contributed by atoms with van der Waals surface area (Å²) >= 11 is 6.07. The molecule has 0 amide bonds. The fourth-order valence-electron chi connectivity index (χ4n) is 1.70. The molecule has 0 radical (unpaired) electrons. The Hall–Kier alpha value is -1.13. The number of hydrogen-bond acceptors (Lipinski definition) is 3. The third-order valence-electron chi connectivity index (χ3n) is 2.79. The third-order valence-corrected chi connectivity index (χ3v) is 3.07. The lowest BCUT2D eigenvalue weighted by molar-refractivity contribution is 0.102. The van der Waals surface area contributed by atoms with Crippen molar-refractivity contribution >= 4 is 17.4 Å². The first-order valence-corrected chi connectivity index (χ1v) is 6.45. The molecule has 4 nitrogen and oxygen atoms in total. The molecule has 0 aliphatic carbocycles. The van der Waals surface area contributed by atoms with Crippen LogP contribution in [0.25, 0.3) is 0 Å². The van der Waals surface area contributed by atoms with E-state index in [1.54, 1.807) is 4.68 Å². The van der Waals surface area contributed by atoms with Crippen LogP contribution in [0.2, 0.25) is 5.02 Å².